The summed E-state index contributed by atoms with van der Waals surface area (Å²) in [5.41, 5.74) is 4.99. The van der Waals surface area contributed by atoms with E-state index in [9.17, 15) is 13.2 Å². The fourth-order valence-corrected chi connectivity index (χ4v) is 3.98. The number of sulfonamides is 1. The Hall–Kier alpha value is -2.18. The minimum Gasteiger partial charge on any atom is -0.348 e. The summed E-state index contributed by atoms with van der Waals surface area (Å²) in [6.07, 6.45) is 4.57. The largest absolute Gasteiger partial charge is 0.348 e. The maximum atomic E-state index is 12.4. The molecule has 2 N–H and O–H groups in total. The molecule has 0 aliphatic heterocycles. The molecule has 2 aromatic rings. The average Bonchev–Trinajstić information content (AvgIpc) is 2.66. The van der Waals surface area contributed by atoms with E-state index < -0.39 is 10.0 Å². The maximum absolute atomic E-state index is 12.4. The Labute approximate surface area is 154 Å². The number of amides is 1. The molecular formula is C20H24N2O3S. The van der Waals surface area contributed by atoms with Gasteiger partial charge in [-0.05, 0) is 67.1 Å². The monoisotopic (exact) mass is 372 g/mol. The number of nitrogens with one attached hydrogen (secondary N) is 2. The Balaban J connectivity index is 1.59. The summed E-state index contributed by atoms with van der Waals surface area (Å²) < 4.78 is 25.4. The Morgan fingerprint density at radius 1 is 0.962 bits per heavy atom. The highest BCUT2D eigenvalue weighted by molar-refractivity contribution is 7.88. The standard InChI is InChI=1S/C20H24N2O3S/c1-21-26(24,25)14-16-8-6-15(7-9-16)13-22-20(23)19-11-10-17-4-2-3-5-18(17)12-19/h6-12,21H,2-5,13-14H2,1H3,(H,22,23). The van der Waals surface area contributed by atoms with Crippen molar-refractivity contribution in [1.82, 2.24) is 10.0 Å². The molecule has 5 nitrogen and oxygen atoms in total. The Bertz CT molecular complexity index is 890. The second-order valence-electron chi connectivity index (χ2n) is 6.65. The van der Waals surface area contributed by atoms with Crippen molar-refractivity contribution in [2.45, 2.75) is 38.0 Å². The first-order chi connectivity index (χ1) is 12.5. The van der Waals surface area contributed by atoms with Crippen LogP contribution in [0.1, 0.15) is 45.5 Å². The predicted molar refractivity (Wildman–Crippen MR) is 102 cm³/mol. The van der Waals surface area contributed by atoms with Gasteiger partial charge in [-0.25, -0.2) is 13.1 Å². The highest BCUT2D eigenvalue weighted by atomic mass is 32.2. The average molecular weight is 372 g/mol. The predicted octanol–water partition coefficient (Wildman–Crippen LogP) is 2.54. The Morgan fingerprint density at radius 3 is 2.31 bits per heavy atom. The molecule has 0 atom stereocenters. The van der Waals surface area contributed by atoms with Gasteiger partial charge in [0.1, 0.15) is 0 Å². The molecule has 0 saturated carbocycles. The van der Waals surface area contributed by atoms with Crippen molar-refractivity contribution >= 4 is 15.9 Å². The second-order valence-corrected chi connectivity index (χ2v) is 8.58. The van der Waals surface area contributed by atoms with Crippen LogP contribution in [0.15, 0.2) is 42.5 Å². The molecule has 26 heavy (non-hydrogen) atoms. The van der Waals surface area contributed by atoms with Gasteiger partial charge in [0.2, 0.25) is 10.0 Å². The van der Waals surface area contributed by atoms with Crippen molar-refractivity contribution in [2.24, 2.45) is 0 Å². The molecule has 6 heteroatoms. The summed E-state index contributed by atoms with van der Waals surface area (Å²) in [4.78, 5) is 12.4. The van der Waals surface area contributed by atoms with Crippen molar-refractivity contribution in [1.29, 1.82) is 0 Å². The van der Waals surface area contributed by atoms with Gasteiger partial charge in [-0.3, -0.25) is 4.79 Å². The Kier molecular flexibility index (Phi) is 5.74. The van der Waals surface area contributed by atoms with Crippen LogP contribution in [0.3, 0.4) is 0 Å². The zero-order valence-corrected chi connectivity index (χ0v) is 15.7. The molecule has 0 fully saturated rings. The summed E-state index contributed by atoms with van der Waals surface area (Å²) in [6.45, 7) is 0.412. The summed E-state index contributed by atoms with van der Waals surface area (Å²) in [5.74, 6) is -0.133. The lowest BCUT2D eigenvalue weighted by atomic mass is 9.90. The van der Waals surface area contributed by atoms with Crippen LogP contribution >= 0.6 is 0 Å². The van der Waals surface area contributed by atoms with Crippen LogP contribution in [0.5, 0.6) is 0 Å². The second kappa shape index (κ2) is 8.01. The van der Waals surface area contributed by atoms with Crippen LogP contribution < -0.4 is 10.0 Å². The first-order valence-corrected chi connectivity index (χ1v) is 10.5. The molecule has 0 aromatic heterocycles. The lowest BCUT2D eigenvalue weighted by Gasteiger charge is -2.16. The van der Waals surface area contributed by atoms with Crippen molar-refractivity contribution in [2.75, 3.05) is 7.05 Å². The molecular weight excluding hydrogens is 348 g/mol. The number of hydrogen-bond donors (Lipinski definition) is 2. The summed E-state index contributed by atoms with van der Waals surface area (Å²) in [7, 11) is -1.87. The third-order valence-electron chi connectivity index (χ3n) is 4.75. The molecule has 0 spiro atoms. The molecule has 0 unspecified atom stereocenters. The van der Waals surface area contributed by atoms with Crippen LogP contribution in [0.4, 0.5) is 0 Å². The summed E-state index contributed by atoms with van der Waals surface area (Å²) in [6, 6.07) is 13.2. The number of aryl methyl sites for hydroxylation is 2. The third kappa shape index (κ3) is 4.71. The molecule has 1 amide bonds. The van der Waals surface area contributed by atoms with Crippen LogP contribution in [-0.4, -0.2) is 21.4 Å². The number of benzene rings is 2. The fraction of sp³-hybridized carbons (Fsp3) is 0.350. The van der Waals surface area contributed by atoms with Gasteiger partial charge in [0.25, 0.3) is 5.91 Å². The first-order valence-electron chi connectivity index (χ1n) is 8.86. The molecule has 1 aliphatic rings. The molecule has 138 valence electrons. The van der Waals surface area contributed by atoms with Crippen LogP contribution in [0, 0.1) is 0 Å². The van der Waals surface area contributed by atoms with Gasteiger partial charge < -0.3 is 5.32 Å². The van der Waals surface area contributed by atoms with Gasteiger partial charge in [0.15, 0.2) is 0 Å². The van der Waals surface area contributed by atoms with Crippen LogP contribution in [0.2, 0.25) is 0 Å². The van der Waals surface area contributed by atoms with Crippen molar-refractivity contribution in [3.63, 3.8) is 0 Å². The molecule has 3 rings (SSSR count). The third-order valence-corrected chi connectivity index (χ3v) is 6.09. The number of carbonyl (C=O) groups is 1. The fourth-order valence-electron chi connectivity index (χ4n) is 3.20. The molecule has 1 aliphatic carbocycles. The lowest BCUT2D eigenvalue weighted by Crippen LogP contribution is -2.23. The van der Waals surface area contributed by atoms with E-state index >= 15 is 0 Å². The van der Waals surface area contributed by atoms with Crippen molar-refractivity contribution in [3.05, 3.63) is 70.3 Å². The van der Waals surface area contributed by atoms with E-state index in [0.29, 0.717) is 17.7 Å². The van der Waals surface area contributed by atoms with E-state index in [0.717, 1.165) is 18.4 Å². The van der Waals surface area contributed by atoms with E-state index in [1.54, 1.807) is 12.1 Å². The normalized spacial score (nSPS) is 13.9. The summed E-state index contributed by atoms with van der Waals surface area (Å²) in [5, 5.41) is 2.93. The first kappa shape index (κ1) is 18.6. The van der Waals surface area contributed by atoms with Gasteiger partial charge in [0.05, 0.1) is 5.75 Å². The van der Waals surface area contributed by atoms with Gasteiger partial charge >= 0.3 is 0 Å². The van der Waals surface area contributed by atoms with Crippen molar-refractivity contribution in [3.8, 4) is 0 Å². The number of carbonyl (C=O) groups excluding carboxylic acids is 1. The van der Waals surface area contributed by atoms with Gasteiger partial charge in [-0.15, -0.1) is 0 Å². The van der Waals surface area contributed by atoms with E-state index in [-0.39, 0.29) is 11.7 Å². The summed E-state index contributed by atoms with van der Waals surface area (Å²) >= 11 is 0. The van der Waals surface area contributed by atoms with Gasteiger partial charge in [-0.1, -0.05) is 30.3 Å². The van der Waals surface area contributed by atoms with Crippen LogP contribution in [0.25, 0.3) is 0 Å². The minimum absolute atomic E-state index is 0.0503. The van der Waals surface area contributed by atoms with E-state index in [2.05, 4.69) is 16.1 Å². The van der Waals surface area contributed by atoms with E-state index in [1.807, 2.05) is 24.3 Å². The molecule has 0 saturated heterocycles. The maximum Gasteiger partial charge on any atom is 0.251 e. The smallest absolute Gasteiger partial charge is 0.251 e. The minimum atomic E-state index is -3.27. The van der Waals surface area contributed by atoms with Crippen molar-refractivity contribution < 1.29 is 13.2 Å². The van der Waals surface area contributed by atoms with Gasteiger partial charge in [0, 0.05) is 12.1 Å². The van der Waals surface area contributed by atoms with E-state index in [1.165, 1.54) is 31.0 Å². The molecule has 2 aromatic carbocycles. The molecule has 0 bridgehead atoms. The lowest BCUT2D eigenvalue weighted by molar-refractivity contribution is 0.0950. The van der Waals surface area contributed by atoms with Gasteiger partial charge in [-0.2, -0.15) is 0 Å². The quantitative estimate of drug-likeness (QED) is 0.818. The zero-order chi connectivity index (χ0) is 18.6. The topological polar surface area (TPSA) is 75.3 Å². The number of fused-ring (bicyclic) bond motifs is 1. The molecule has 0 radical (unpaired) electrons. The number of hydrogen-bond acceptors (Lipinski definition) is 3. The zero-order valence-electron chi connectivity index (χ0n) is 14.9. The Morgan fingerprint density at radius 2 is 1.62 bits per heavy atom. The highest BCUT2D eigenvalue weighted by Gasteiger charge is 2.13. The molecule has 0 heterocycles. The highest BCUT2D eigenvalue weighted by Crippen LogP contribution is 2.22. The SMILES string of the molecule is CNS(=O)(=O)Cc1ccc(CNC(=O)c2ccc3c(c2)CCCC3)cc1. The van der Waals surface area contributed by atoms with Crippen LogP contribution in [-0.2, 0) is 35.2 Å². The van der Waals surface area contributed by atoms with E-state index in [4.69, 9.17) is 0 Å². The number of rotatable bonds is 6.